The van der Waals surface area contributed by atoms with Gasteiger partial charge in [-0.2, -0.15) is 0 Å². The molecule has 1 aromatic carbocycles. The van der Waals surface area contributed by atoms with Crippen LogP contribution in [-0.4, -0.2) is 84.8 Å². The second-order valence-electron chi connectivity index (χ2n) is 6.91. The SMILES string of the molecule is CC(C)NC(=O)CN1CCN(C(=O)CN(C)C(=O)c2ccccc2)CC1. The molecule has 0 atom stereocenters. The summed E-state index contributed by atoms with van der Waals surface area (Å²) in [5.74, 6) is -0.223. The Morgan fingerprint density at radius 3 is 2.27 bits per heavy atom. The van der Waals surface area contributed by atoms with E-state index in [1.165, 1.54) is 4.90 Å². The maximum absolute atomic E-state index is 12.5. The van der Waals surface area contributed by atoms with Crippen molar-refractivity contribution in [3.8, 4) is 0 Å². The number of amides is 3. The van der Waals surface area contributed by atoms with E-state index in [4.69, 9.17) is 0 Å². The fraction of sp³-hybridized carbons (Fsp3) is 0.526. The summed E-state index contributed by atoms with van der Waals surface area (Å²) in [5.41, 5.74) is 0.573. The lowest BCUT2D eigenvalue weighted by atomic mass is 10.2. The zero-order chi connectivity index (χ0) is 19.1. The Morgan fingerprint density at radius 2 is 1.69 bits per heavy atom. The van der Waals surface area contributed by atoms with Gasteiger partial charge in [0.05, 0.1) is 13.1 Å². The van der Waals surface area contributed by atoms with Crippen molar-refractivity contribution in [2.75, 3.05) is 46.3 Å². The summed E-state index contributed by atoms with van der Waals surface area (Å²) in [6.07, 6.45) is 0. The van der Waals surface area contributed by atoms with E-state index in [2.05, 4.69) is 5.32 Å². The molecule has 1 heterocycles. The molecule has 26 heavy (non-hydrogen) atoms. The number of piperazine rings is 1. The molecule has 142 valence electrons. The second kappa shape index (κ2) is 9.33. The fourth-order valence-electron chi connectivity index (χ4n) is 2.90. The average Bonchev–Trinajstić information content (AvgIpc) is 2.61. The van der Waals surface area contributed by atoms with Gasteiger partial charge in [0.2, 0.25) is 11.8 Å². The van der Waals surface area contributed by atoms with E-state index in [9.17, 15) is 14.4 Å². The Hall–Kier alpha value is -2.41. The van der Waals surface area contributed by atoms with E-state index in [-0.39, 0.29) is 30.3 Å². The molecular weight excluding hydrogens is 332 g/mol. The topological polar surface area (TPSA) is 73.0 Å². The van der Waals surface area contributed by atoms with Crippen LogP contribution in [0.1, 0.15) is 24.2 Å². The molecule has 0 radical (unpaired) electrons. The van der Waals surface area contributed by atoms with Gasteiger partial charge in [-0.05, 0) is 26.0 Å². The van der Waals surface area contributed by atoms with Crippen LogP contribution in [0, 0.1) is 0 Å². The zero-order valence-electron chi connectivity index (χ0n) is 15.8. The third-order valence-corrected chi connectivity index (χ3v) is 4.28. The standard InChI is InChI=1S/C19H28N4O3/c1-15(2)20-17(24)13-22-9-11-23(12-10-22)18(25)14-21(3)19(26)16-7-5-4-6-8-16/h4-8,15H,9-14H2,1-3H3,(H,20,24). The molecule has 0 bridgehead atoms. The Morgan fingerprint density at radius 1 is 1.08 bits per heavy atom. The van der Waals surface area contributed by atoms with Crippen molar-refractivity contribution in [1.82, 2.24) is 20.0 Å². The van der Waals surface area contributed by atoms with E-state index >= 15 is 0 Å². The van der Waals surface area contributed by atoms with Gasteiger partial charge in [-0.25, -0.2) is 0 Å². The first-order valence-electron chi connectivity index (χ1n) is 8.97. The van der Waals surface area contributed by atoms with Gasteiger partial charge >= 0.3 is 0 Å². The van der Waals surface area contributed by atoms with Crippen LogP contribution in [-0.2, 0) is 9.59 Å². The number of carbonyl (C=O) groups is 3. The van der Waals surface area contributed by atoms with E-state index < -0.39 is 0 Å². The van der Waals surface area contributed by atoms with Gasteiger partial charge in [0.1, 0.15) is 0 Å². The summed E-state index contributed by atoms with van der Waals surface area (Å²) in [6.45, 7) is 6.74. The summed E-state index contributed by atoms with van der Waals surface area (Å²) in [5, 5.41) is 2.87. The zero-order valence-corrected chi connectivity index (χ0v) is 15.8. The highest BCUT2D eigenvalue weighted by molar-refractivity contribution is 5.96. The summed E-state index contributed by atoms with van der Waals surface area (Å²) < 4.78 is 0. The summed E-state index contributed by atoms with van der Waals surface area (Å²) in [7, 11) is 1.64. The normalized spacial score (nSPS) is 15.0. The minimum absolute atomic E-state index is 0.00738. The number of likely N-dealkylation sites (N-methyl/N-ethyl adjacent to an activating group) is 1. The van der Waals surface area contributed by atoms with Gasteiger partial charge in [-0.15, -0.1) is 0 Å². The lowest BCUT2D eigenvalue weighted by Crippen LogP contribution is -2.53. The lowest BCUT2D eigenvalue weighted by molar-refractivity contribution is -0.133. The quantitative estimate of drug-likeness (QED) is 0.798. The van der Waals surface area contributed by atoms with Crippen LogP contribution in [0.15, 0.2) is 30.3 Å². The Balaban J connectivity index is 1.77. The van der Waals surface area contributed by atoms with Crippen molar-refractivity contribution in [3.63, 3.8) is 0 Å². The number of hydrogen-bond acceptors (Lipinski definition) is 4. The molecule has 0 saturated carbocycles. The largest absolute Gasteiger partial charge is 0.353 e. The Labute approximate surface area is 154 Å². The molecule has 1 aliphatic rings. The highest BCUT2D eigenvalue weighted by Crippen LogP contribution is 2.06. The van der Waals surface area contributed by atoms with Gasteiger partial charge in [-0.3, -0.25) is 19.3 Å². The molecule has 0 spiro atoms. The molecule has 1 aromatic rings. The number of carbonyl (C=O) groups excluding carboxylic acids is 3. The molecule has 1 fully saturated rings. The minimum atomic E-state index is -0.164. The van der Waals surface area contributed by atoms with E-state index in [0.29, 0.717) is 38.3 Å². The predicted octanol–water partition coefficient (Wildman–Crippen LogP) is 0.427. The molecule has 1 aliphatic heterocycles. The summed E-state index contributed by atoms with van der Waals surface area (Å²) in [6, 6.07) is 9.06. The lowest BCUT2D eigenvalue weighted by Gasteiger charge is -2.35. The minimum Gasteiger partial charge on any atom is -0.353 e. The van der Waals surface area contributed by atoms with Crippen LogP contribution >= 0.6 is 0 Å². The van der Waals surface area contributed by atoms with Crippen LogP contribution in [0.25, 0.3) is 0 Å². The first kappa shape index (κ1) is 19.9. The van der Waals surface area contributed by atoms with Crippen molar-refractivity contribution < 1.29 is 14.4 Å². The van der Waals surface area contributed by atoms with Crippen molar-refractivity contribution >= 4 is 17.7 Å². The number of nitrogens with one attached hydrogen (secondary N) is 1. The van der Waals surface area contributed by atoms with Gasteiger partial charge in [-0.1, -0.05) is 18.2 Å². The third kappa shape index (κ3) is 5.84. The molecule has 7 heteroatoms. The molecule has 2 rings (SSSR count). The molecule has 0 aliphatic carbocycles. The van der Waals surface area contributed by atoms with Crippen molar-refractivity contribution in [1.29, 1.82) is 0 Å². The fourth-order valence-corrected chi connectivity index (χ4v) is 2.90. The van der Waals surface area contributed by atoms with Crippen LogP contribution in [0.4, 0.5) is 0 Å². The molecular formula is C19H28N4O3. The van der Waals surface area contributed by atoms with E-state index in [1.807, 2.05) is 24.8 Å². The van der Waals surface area contributed by atoms with E-state index in [1.54, 1.807) is 36.2 Å². The van der Waals surface area contributed by atoms with Gasteiger partial charge < -0.3 is 15.1 Å². The number of nitrogens with zero attached hydrogens (tertiary/aromatic N) is 3. The third-order valence-electron chi connectivity index (χ3n) is 4.28. The van der Waals surface area contributed by atoms with Crippen molar-refractivity contribution in [2.24, 2.45) is 0 Å². The van der Waals surface area contributed by atoms with Crippen molar-refractivity contribution in [2.45, 2.75) is 19.9 Å². The molecule has 0 unspecified atom stereocenters. The smallest absolute Gasteiger partial charge is 0.254 e. The van der Waals surface area contributed by atoms with Crippen LogP contribution < -0.4 is 5.32 Å². The number of benzene rings is 1. The summed E-state index contributed by atoms with van der Waals surface area (Å²) >= 11 is 0. The average molecular weight is 360 g/mol. The molecule has 7 nitrogen and oxygen atoms in total. The molecule has 3 amide bonds. The first-order chi connectivity index (χ1) is 12.4. The highest BCUT2D eigenvalue weighted by atomic mass is 16.2. The number of hydrogen-bond donors (Lipinski definition) is 1. The van der Waals surface area contributed by atoms with Gasteiger partial charge in [0.25, 0.3) is 5.91 Å². The second-order valence-corrected chi connectivity index (χ2v) is 6.91. The van der Waals surface area contributed by atoms with Gasteiger partial charge in [0.15, 0.2) is 0 Å². The number of rotatable bonds is 6. The van der Waals surface area contributed by atoms with Crippen LogP contribution in [0.3, 0.4) is 0 Å². The first-order valence-corrected chi connectivity index (χ1v) is 8.97. The van der Waals surface area contributed by atoms with Crippen molar-refractivity contribution in [3.05, 3.63) is 35.9 Å². The molecule has 1 saturated heterocycles. The summed E-state index contributed by atoms with van der Waals surface area (Å²) in [4.78, 5) is 41.8. The monoisotopic (exact) mass is 360 g/mol. The highest BCUT2D eigenvalue weighted by Gasteiger charge is 2.24. The molecule has 0 aromatic heterocycles. The maximum atomic E-state index is 12.5. The van der Waals surface area contributed by atoms with Crippen LogP contribution in [0.2, 0.25) is 0 Å². The predicted molar refractivity (Wildman–Crippen MR) is 99.7 cm³/mol. The van der Waals surface area contributed by atoms with E-state index in [0.717, 1.165) is 0 Å². The van der Waals surface area contributed by atoms with Gasteiger partial charge in [0, 0.05) is 44.8 Å². The Kier molecular flexibility index (Phi) is 7.15. The molecule has 1 N–H and O–H groups in total. The Bertz CT molecular complexity index is 625. The van der Waals surface area contributed by atoms with Crippen LogP contribution in [0.5, 0.6) is 0 Å². The maximum Gasteiger partial charge on any atom is 0.254 e.